The lowest BCUT2D eigenvalue weighted by Crippen LogP contribution is -2.40. The van der Waals surface area contributed by atoms with Gasteiger partial charge in [-0.05, 0) is 33.4 Å². The summed E-state index contributed by atoms with van der Waals surface area (Å²) in [4.78, 5) is 1.98. The molecule has 1 aliphatic heterocycles. The van der Waals surface area contributed by atoms with Gasteiger partial charge in [-0.25, -0.2) is 8.78 Å². The van der Waals surface area contributed by atoms with Crippen molar-refractivity contribution in [2.75, 3.05) is 20.1 Å². The van der Waals surface area contributed by atoms with Crippen LogP contribution in [-0.2, 0) is 0 Å². The molecular weight excluding hydrogens is 148 g/mol. The molecule has 1 heterocycles. The minimum absolute atomic E-state index is 0.429. The van der Waals surface area contributed by atoms with Crippen LogP contribution in [0.1, 0.15) is 19.8 Å². The molecular formula is C8H15F2N. The fraction of sp³-hybridized carbons (Fsp3) is 1.00. The molecule has 0 bridgehead atoms. The second kappa shape index (κ2) is 3.05. The van der Waals surface area contributed by atoms with Crippen LogP contribution in [0.4, 0.5) is 8.78 Å². The van der Waals surface area contributed by atoms with Gasteiger partial charge in [-0.3, -0.25) is 0 Å². The van der Waals surface area contributed by atoms with Gasteiger partial charge in [0, 0.05) is 12.5 Å². The highest BCUT2D eigenvalue weighted by atomic mass is 19.3. The normalized spacial score (nSPS) is 28.9. The third-order valence-electron chi connectivity index (χ3n) is 2.34. The Morgan fingerprint density at radius 3 is 2.45 bits per heavy atom. The Hall–Kier alpha value is -0.180. The molecule has 1 nitrogen and oxygen atoms in total. The maximum atomic E-state index is 12.8. The van der Waals surface area contributed by atoms with E-state index < -0.39 is 11.8 Å². The van der Waals surface area contributed by atoms with E-state index in [1.807, 2.05) is 11.9 Å². The van der Waals surface area contributed by atoms with E-state index in [4.69, 9.17) is 0 Å². The highest BCUT2D eigenvalue weighted by Crippen LogP contribution is 2.30. The van der Waals surface area contributed by atoms with Crippen LogP contribution in [0.3, 0.4) is 0 Å². The monoisotopic (exact) mass is 163 g/mol. The molecule has 1 saturated heterocycles. The van der Waals surface area contributed by atoms with Crippen LogP contribution in [0, 0.1) is 5.92 Å². The first-order valence-corrected chi connectivity index (χ1v) is 4.06. The molecule has 0 N–H and O–H groups in total. The van der Waals surface area contributed by atoms with E-state index in [2.05, 4.69) is 0 Å². The van der Waals surface area contributed by atoms with Gasteiger partial charge in [0.25, 0.3) is 0 Å². The van der Waals surface area contributed by atoms with Gasteiger partial charge in [0.1, 0.15) is 0 Å². The lowest BCUT2D eigenvalue weighted by Gasteiger charge is -2.32. The van der Waals surface area contributed by atoms with E-state index in [0.717, 1.165) is 19.9 Å². The number of likely N-dealkylation sites (tertiary alicyclic amines) is 1. The lowest BCUT2D eigenvalue weighted by atomic mass is 9.93. The van der Waals surface area contributed by atoms with E-state index in [1.165, 1.54) is 0 Å². The van der Waals surface area contributed by atoms with Crippen molar-refractivity contribution in [1.82, 2.24) is 4.90 Å². The van der Waals surface area contributed by atoms with Crippen LogP contribution in [0.15, 0.2) is 0 Å². The third-order valence-corrected chi connectivity index (χ3v) is 2.34. The molecule has 1 unspecified atom stereocenters. The second-order valence-corrected chi connectivity index (χ2v) is 3.56. The summed E-state index contributed by atoms with van der Waals surface area (Å²) in [6.07, 6.45) is 1.58. The van der Waals surface area contributed by atoms with Crippen LogP contribution in [-0.4, -0.2) is 31.0 Å². The molecule has 0 saturated carbocycles. The SMILES string of the molecule is CN1CCCC(C(C)(F)F)C1. The predicted octanol–water partition coefficient (Wildman–Crippen LogP) is 1.98. The van der Waals surface area contributed by atoms with Crippen molar-refractivity contribution in [2.24, 2.45) is 5.92 Å². The maximum absolute atomic E-state index is 12.8. The molecule has 11 heavy (non-hydrogen) atoms. The van der Waals surface area contributed by atoms with E-state index in [1.54, 1.807) is 0 Å². The lowest BCUT2D eigenvalue weighted by molar-refractivity contribution is -0.0629. The molecule has 0 spiro atoms. The summed E-state index contributed by atoms with van der Waals surface area (Å²) < 4.78 is 25.5. The molecule has 1 aliphatic rings. The topological polar surface area (TPSA) is 3.24 Å². The van der Waals surface area contributed by atoms with Crippen molar-refractivity contribution >= 4 is 0 Å². The second-order valence-electron chi connectivity index (χ2n) is 3.56. The average molecular weight is 163 g/mol. The van der Waals surface area contributed by atoms with Crippen LogP contribution < -0.4 is 0 Å². The summed E-state index contributed by atoms with van der Waals surface area (Å²) in [5, 5.41) is 0. The number of hydrogen-bond donors (Lipinski definition) is 0. The van der Waals surface area contributed by atoms with Crippen molar-refractivity contribution in [2.45, 2.75) is 25.7 Å². The average Bonchev–Trinajstić information content (AvgIpc) is 1.86. The first-order chi connectivity index (χ1) is 5.00. The van der Waals surface area contributed by atoms with Crippen molar-refractivity contribution in [3.05, 3.63) is 0 Å². The van der Waals surface area contributed by atoms with Crippen LogP contribution >= 0.6 is 0 Å². The van der Waals surface area contributed by atoms with E-state index in [9.17, 15) is 8.78 Å². The number of rotatable bonds is 1. The van der Waals surface area contributed by atoms with Gasteiger partial charge in [-0.2, -0.15) is 0 Å². The van der Waals surface area contributed by atoms with Gasteiger partial charge in [0.15, 0.2) is 0 Å². The van der Waals surface area contributed by atoms with Gasteiger partial charge in [-0.15, -0.1) is 0 Å². The molecule has 0 radical (unpaired) electrons. The van der Waals surface area contributed by atoms with E-state index in [-0.39, 0.29) is 0 Å². The minimum Gasteiger partial charge on any atom is -0.306 e. The zero-order valence-corrected chi connectivity index (χ0v) is 7.11. The minimum atomic E-state index is -2.49. The summed E-state index contributed by atoms with van der Waals surface area (Å²) in [6, 6.07) is 0. The summed E-state index contributed by atoms with van der Waals surface area (Å²) in [6.45, 7) is 2.53. The first kappa shape index (κ1) is 8.91. The van der Waals surface area contributed by atoms with Crippen LogP contribution in [0.2, 0.25) is 0 Å². The van der Waals surface area contributed by atoms with Gasteiger partial charge in [0.05, 0.1) is 0 Å². The number of piperidine rings is 1. The smallest absolute Gasteiger partial charge is 0.249 e. The number of halogens is 2. The Kier molecular flexibility index (Phi) is 2.47. The van der Waals surface area contributed by atoms with Crippen LogP contribution in [0.5, 0.6) is 0 Å². The molecule has 0 aromatic heterocycles. The van der Waals surface area contributed by atoms with E-state index in [0.29, 0.717) is 13.0 Å². The molecule has 0 aromatic rings. The summed E-state index contributed by atoms with van der Waals surface area (Å²) >= 11 is 0. The third kappa shape index (κ3) is 2.40. The molecule has 66 valence electrons. The summed E-state index contributed by atoms with van der Waals surface area (Å²) in [5.74, 6) is -2.92. The largest absolute Gasteiger partial charge is 0.306 e. The number of alkyl halides is 2. The van der Waals surface area contributed by atoms with Crippen LogP contribution in [0.25, 0.3) is 0 Å². The molecule has 0 aliphatic carbocycles. The molecule has 0 aromatic carbocycles. The quantitative estimate of drug-likeness (QED) is 0.571. The zero-order valence-electron chi connectivity index (χ0n) is 7.11. The fourth-order valence-electron chi connectivity index (χ4n) is 1.58. The standard InChI is InChI=1S/C8H15F2N/c1-8(9,10)7-4-3-5-11(2)6-7/h7H,3-6H2,1-2H3. The Morgan fingerprint density at radius 1 is 1.45 bits per heavy atom. The van der Waals surface area contributed by atoms with E-state index >= 15 is 0 Å². The first-order valence-electron chi connectivity index (χ1n) is 4.06. The Labute approximate surface area is 66.4 Å². The predicted molar refractivity (Wildman–Crippen MR) is 40.8 cm³/mol. The number of hydrogen-bond acceptors (Lipinski definition) is 1. The highest BCUT2D eigenvalue weighted by Gasteiger charge is 2.35. The Bertz CT molecular complexity index is 131. The van der Waals surface area contributed by atoms with Crippen molar-refractivity contribution in [3.63, 3.8) is 0 Å². The maximum Gasteiger partial charge on any atom is 0.249 e. The summed E-state index contributed by atoms with van der Waals surface area (Å²) in [5.41, 5.74) is 0. The number of nitrogens with zero attached hydrogens (tertiary/aromatic N) is 1. The van der Waals surface area contributed by atoms with Gasteiger partial charge >= 0.3 is 0 Å². The Balaban J connectivity index is 2.46. The molecule has 0 amide bonds. The fourth-order valence-corrected chi connectivity index (χ4v) is 1.58. The molecule has 1 fully saturated rings. The van der Waals surface area contributed by atoms with Gasteiger partial charge in [-0.1, -0.05) is 0 Å². The zero-order chi connectivity index (χ0) is 8.48. The summed E-state index contributed by atoms with van der Waals surface area (Å²) in [7, 11) is 1.90. The van der Waals surface area contributed by atoms with Crippen molar-refractivity contribution in [1.29, 1.82) is 0 Å². The molecule has 3 heteroatoms. The molecule has 1 rings (SSSR count). The van der Waals surface area contributed by atoms with Gasteiger partial charge in [0.2, 0.25) is 5.92 Å². The highest BCUT2D eigenvalue weighted by molar-refractivity contribution is 4.79. The van der Waals surface area contributed by atoms with Gasteiger partial charge < -0.3 is 4.90 Å². The van der Waals surface area contributed by atoms with Crippen molar-refractivity contribution in [3.8, 4) is 0 Å². The van der Waals surface area contributed by atoms with Crippen molar-refractivity contribution < 1.29 is 8.78 Å². The molecule has 1 atom stereocenters. The Morgan fingerprint density at radius 2 is 2.09 bits per heavy atom.